The smallest absolute Gasteiger partial charge is 0.240 e. The minimum absolute atomic E-state index is 0.213. The standard InChI is InChI=1S/C14H17NO3S2/c16-8-2-5-12-4-1-7-14(10-12)20(17,18)15-11-13-6-3-9-19-13/h1,4,7,10,13,15-16H,3,6,8-9,11H2. The van der Waals surface area contributed by atoms with Crippen molar-refractivity contribution in [1.29, 1.82) is 0 Å². The maximum atomic E-state index is 12.2. The van der Waals surface area contributed by atoms with Crippen LogP contribution in [0.4, 0.5) is 0 Å². The number of aliphatic hydroxyl groups is 1. The Kier molecular flexibility index (Phi) is 5.49. The lowest BCUT2D eigenvalue weighted by molar-refractivity contribution is 0.350. The first-order chi connectivity index (χ1) is 9.62. The third-order valence-corrected chi connectivity index (χ3v) is 5.80. The van der Waals surface area contributed by atoms with Gasteiger partial charge in [0.2, 0.25) is 10.0 Å². The van der Waals surface area contributed by atoms with Crippen molar-refractivity contribution >= 4 is 21.8 Å². The summed E-state index contributed by atoms with van der Waals surface area (Å²) in [5.74, 6) is 6.32. The van der Waals surface area contributed by atoms with Crippen molar-refractivity contribution in [2.75, 3.05) is 18.9 Å². The molecule has 4 nitrogen and oxygen atoms in total. The van der Waals surface area contributed by atoms with Crippen LogP contribution >= 0.6 is 11.8 Å². The first-order valence-corrected chi connectivity index (χ1v) is 8.96. The van der Waals surface area contributed by atoms with E-state index < -0.39 is 10.0 Å². The molecular formula is C14H17NO3S2. The zero-order valence-corrected chi connectivity index (χ0v) is 12.6. The maximum Gasteiger partial charge on any atom is 0.240 e. The third kappa shape index (κ3) is 4.25. The predicted octanol–water partition coefficient (Wildman–Crippen LogP) is 1.20. The lowest BCUT2D eigenvalue weighted by Gasteiger charge is -2.11. The molecule has 2 rings (SSSR count). The predicted molar refractivity (Wildman–Crippen MR) is 81.1 cm³/mol. The molecule has 0 saturated carbocycles. The topological polar surface area (TPSA) is 66.4 Å². The monoisotopic (exact) mass is 311 g/mol. The minimum Gasteiger partial charge on any atom is -0.384 e. The van der Waals surface area contributed by atoms with Gasteiger partial charge < -0.3 is 5.11 Å². The zero-order chi connectivity index (χ0) is 14.4. The second kappa shape index (κ2) is 7.14. The third-order valence-electron chi connectivity index (χ3n) is 2.98. The van der Waals surface area contributed by atoms with Gasteiger partial charge in [0.05, 0.1) is 4.90 Å². The average molecular weight is 311 g/mol. The highest BCUT2D eigenvalue weighted by atomic mass is 32.2. The van der Waals surface area contributed by atoms with E-state index in [1.54, 1.807) is 18.2 Å². The maximum absolute atomic E-state index is 12.2. The lowest BCUT2D eigenvalue weighted by atomic mass is 10.2. The Labute approximate surface area is 124 Å². The van der Waals surface area contributed by atoms with E-state index in [1.165, 1.54) is 6.07 Å². The van der Waals surface area contributed by atoms with Crippen molar-refractivity contribution in [3.8, 4) is 11.8 Å². The fourth-order valence-electron chi connectivity index (χ4n) is 1.97. The Morgan fingerprint density at radius 1 is 1.45 bits per heavy atom. The molecule has 1 aliphatic rings. The van der Waals surface area contributed by atoms with Gasteiger partial charge in [-0.25, -0.2) is 13.1 Å². The van der Waals surface area contributed by atoms with Gasteiger partial charge >= 0.3 is 0 Å². The van der Waals surface area contributed by atoms with Gasteiger partial charge in [-0.3, -0.25) is 0 Å². The molecule has 0 amide bonds. The first-order valence-electron chi connectivity index (χ1n) is 6.43. The van der Waals surface area contributed by atoms with E-state index in [0.717, 1.165) is 18.6 Å². The molecular weight excluding hydrogens is 294 g/mol. The van der Waals surface area contributed by atoms with Gasteiger partial charge in [-0.1, -0.05) is 17.9 Å². The van der Waals surface area contributed by atoms with E-state index in [2.05, 4.69) is 16.6 Å². The van der Waals surface area contributed by atoms with Crippen molar-refractivity contribution in [3.63, 3.8) is 0 Å². The van der Waals surface area contributed by atoms with Crippen LogP contribution in [-0.4, -0.2) is 37.7 Å². The van der Waals surface area contributed by atoms with Gasteiger partial charge in [0.15, 0.2) is 0 Å². The minimum atomic E-state index is -3.49. The Balaban J connectivity index is 2.08. The molecule has 1 atom stereocenters. The number of aliphatic hydroxyl groups excluding tert-OH is 1. The summed E-state index contributed by atoms with van der Waals surface area (Å²) in [6, 6.07) is 6.44. The molecule has 1 heterocycles. The Hall–Kier alpha value is -1.00. The van der Waals surface area contributed by atoms with Gasteiger partial charge in [0, 0.05) is 17.4 Å². The summed E-state index contributed by atoms with van der Waals surface area (Å²) in [7, 11) is -3.49. The van der Waals surface area contributed by atoms with E-state index in [1.807, 2.05) is 11.8 Å². The summed E-state index contributed by atoms with van der Waals surface area (Å²) in [4.78, 5) is 0.213. The summed E-state index contributed by atoms with van der Waals surface area (Å²) in [5.41, 5.74) is 0.581. The number of hydrogen-bond acceptors (Lipinski definition) is 4. The van der Waals surface area contributed by atoms with Gasteiger partial charge in [0.1, 0.15) is 6.61 Å². The summed E-state index contributed by atoms with van der Waals surface area (Å²) in [6.07, 6.45) is 2.22. The second-order valence-electron chi connectivity index (χ2n) is 4.47. The molecule has 0 aliphatic carbocycles. The fourth-order valence-corrected chi connectivity index (χ4v) is 4.41. The Bertz CT molecular complexity index is 611. The van der Waals surface area contributed by atoms with E-state index in [0.29, 0.717) is 17.4 Å². The molecule has 1 saturated heterocycles. The fraction of sp³-hybridized carbons (Fsp3) is 0.429. The molecule has 1 aliphatic heterocycles. The van der Waals surface area contributed by atoms with Crippen LogP contribution in [0.5, 0.6) is 0 Å². The lowest BCUT2D eigenvalue weighted by Crippen LogP contribution is -2.29. The number of rotatable bonds is 4. The first kappa shape index (κ1) is 15.4. The highest BCUT2D eigenvalue weighted by molar-refractivity contribution is 8.00. The van der Waals surface area contributed by atoms with Crippen molar-refractivity contribution in [1.82, 2.24) is 4.72 Å². The average Bonchev–Trinajstić information content (AvgIpc) is 2.97. The van der Waals surface area contributed by atoms with E-state index in [4.69, 9.17) is 5.11 Å². The van der Waals surface area contributed by atoms with Crippen LogP contribution in [0.2, 0.25) is 0 Å². The molecule has 0 radical (unpaired) electrons. The van der Waals surface area contributed by atoms with E-state index in [-0.39, 0.29) is 11.5 Å². The molecule has 108 valence electrons. The number of hydrogen-bond donors (Lipinski definition) is 2. The molecule has 1 unspecified atom stereocenters. The molecule has 20 heavy (non-hydrogen) atoms. The van der Waals surface area contributed by atoms with Gasteiger partial charge in [-0.15, -0.1) is 0 Å². The van der Waals surface area contributed by atoms with Crippen LogP contribution in [0.3, 0.4) is 0 Å². The Morgan fingerprint density at radius 3 is 3.00 bits per heavy atom. The number of nitrogens with one attached hydrogen (secondary N) is 1. The van der Waals surface area contributed by atoms with Crippen LogP contribution in [0.25, 0.3) is 0 Å². The molecule has 0 aromatic heterocycles. The van der Waals surface area contributed by atoms with Gasteiger partial charge in [-0.05, 0) is 36.8 Å². The van der Waals surface area contributed by atoms with Crippen LogP contribution in [0, 0.1) is 11.8 Å². The van der Waals surface area contributed by atoms with Crippen molar-refractivity contribution in [3.05, 3.63) is 29.8 Å². The highest BCUT2D eigenvalue weighted by Crippen LogP contribution is 2.25. The van der Waals surface area contributed by atoms with Crippen molar-refractivity contribution in [2.24, 2.45) is 0 Å². The molecule has 2 N–H and O–H groups in total. The van der Waals surface area contributed by atoms with Crippen molar-refractivity contribution in [2.45, 2.75) is 23.0 Å². The molecule has 0 spiro atoms. The number of sulfonamides is 1. The van der Waals surface area contributed by atoms with Gasteiger partial charge in [-0.2, -0.15) is 11.8 Å². The zero-order valence-electron chi connectivity index (χ0n) is 11.0. The number of thioether (sulfide) groups is 1. The van der Waals surface area contributed by atoms with Crippen LogP contribution in [0.1, 0.15) is 18.4 Å². The van der Waals surface area contributed by atoms with Crippen LogP contribution in [0.15, 0.2) is 29.2 Å². The molecule has 0 bridgehead atoms. The quantitative estimate of drug-likeness (QED) is 0.820. The Morgan fingerprint density at radius 2 is 2.30 bits per heavy atom. The molecule has 1 aromatic rings. The molecule has 1 aromatic carbocycles. The summed E-state index contributed by atoms with van der Waals surface area (Å²) >= 11 is 1.82. The molecule has 1 fully saturated rings. The molecule has 6 heteroatoms. The van der Waals surface area contributed by atoms with E-state index in [9.17, 15) is 8.42 Å². The van der Waals surface area contributed by atoms with Crippen LogP contribution < -0.4 is 4.72 Å². The SMILES string of the molecule is O=S(=O)(NCC1CCCS1)c1cccc(C#CCO)c1. The normalized spacial score (nSPS) is 18.6. The summed E-state index contributed by atoms with van der Waals surface area (Å²) in [6.45, 7) is 0.230. The largest absolute Gasteiger partial charge is 0.384 e. The van der Waals surface area contributed by atoms with Crippen molar-refractivity contribution < 1.29 is 13.5 Å². The second-order valence-corrected chi connectivity index (χ2v) is 7.65. The van der Waals surface area contributed by atoms with Gasteiger partial charge in [0.25, 0.3) is 0 Å². The number of benzene rings is 1. The van der Waals surface area contributed by atoms with Crippen LogP contribution in [-0.2, 0) is 10.0 Å². The highest BCUT2D eigenvalue weighted by Gasteiger charge is 2.20. The summed E-state index contributed by atoms with van der Waals surface area (Å²) in [5, 5.41) is 9.03. The summed E-state index contributed by atoms with van der Waals surface area (Å²) < 4.78 is 27.0. The van der Waals surface area contributed by atoms with E-state index >= 15 is 0 Å².